The zero-order chi connectivity index (χ0) is 17.7. The van der Waals surface area contributed by atoms with Gasteiger partial charge < -0.3 is 10.6 Å². The Labute approximate surface area is 158 Å². The van der Waals surface area contributed by atoms with Crippen LogP contribution in [-0.4, -0.2) is 54.3 Å². The number of piperidine rings is 2. The van der Waals surface area contributed by atoms with E-state index in [9.17, 15) is 0 Å². The predicted molar refractivity (Wildman–Crippen MR) is 110 cm³/mol. The molecule has 25 heavy (non-hydrogen) atoms. The summed E-state index contributed by atoms with van der Waals surface area (Å²) < 4.78 is 0. The normalized spacial score (nSPS) is 42.0. The minimum absolute atomic E-state index is 0.290. The topological polar surface area (TPSA) is 39.3 Å². The molecule has 2 saturated carbocycles. The maximum Gasteiger partial charge on any atom is 0.0658 e. The molecule has 2 heterocycles. The van der Waals surface area contributed by atoms with Crippen LogP contribution in [0, 0.1) is 23.7 Å². The van der Waals surface area contributed by atoms with E-state index in [2.05, 4.69) is 35.2 Å². The highest BCUT2D eigenvalue weighted by molar-refractivity contribution is 6.15. The Morgan fingerprint density at radius 3 is 2.24 bits per heavy atom. The van der Waals surface area contributed by atoms with Crippen molar-refractivity contribution in [3.05, 3.63) is 0 Å². The summed E-state index contributed by atoms with van der Waals surface area (Å²) in [5.41, 5.74) is 3.38. The first-order valence-electron chi connectivity index (χ1n) is 11.0. The Morgan fingerprint density at radius 1 is 0.880 bits per heavy atom. The first kappa shape index (κ1) is 19.8. The molecule has 4 aliphatic rings. The van der Waals surface area contributed by atoms with Crippen molar-refractivity contribution in [3.8, 4) is 0 Å². The maximum atomic E-state index is 3.61. The summed E-state index contributed by atoms with van der Waals surface area (Å²) in [5.74, 6) is 4.00. The zero-order valence-electron chi connectivity index (χ0n) is 16.9. The number of nitrogens with one attached hydrogen (secondary N) is 3. The molecule has 4 fully saturated rings. The molecule has 5 atom stereocenters. The standard InChI is InChI=1S/C11H25N3Si.C9H17N/c1-12-11(15)10-6-4-3-5-9(10)7-8-14(11)13-2;1-2-4-9-7-10-6-5-8(9)3-1/h9-10,12-13H,3-8H2,1-2,15H3;8-10H,1-7H2. The van der Waals surface area contributed by atoms with Gasteiger partial charge >= 0.3 is 0 Å². The number of fused-ring (bicyclic) bond motifs is 2. The van der Waals surface area contributed by atoms with Gasteiger partial charge in [0.1, 0.15) is 0 Å². The van der Waals surface area contributed by atoms with Gasteiger partial charge in [0.05, 0.1) is 5.29 Å². The molecule has 0 aromatic rings. The fourth-order valence-corrected chi connectivity index (χ4v) is 7.40. The number of hydrazine groups is 1. The van der Waals surface area contributed by atoms with Gasteiger partial charge in [0.25, 0.3) is 0 Å². The van der Waals surface area contributed by atoms with Crippen LogP contribution >= 0.6 is 0 Å². The van der Waals surface area contributed by atoms with Gasteiger partial charge in [-0.2, -0.15) is 0 Å². The molecule has 4 nitrogen and oxygen atoms in total. The summed E-state index contributed by atoms with van der Waals surface area (Å²) in [4.78, 5) is 0. The summed E-state index contributed by atoms with van der Waals surface area (Å²) >= 11 is 0. The Bertz CT molecular complexity index is 381. The first-order chi connectivity index (χ1) is 12.2. The summed E-state index contributed by atoms with van der Waals surface area (Å²) in [7, 11) is 5.39. The Balaban J connectivity index is 0.000000157. The fraction of sp³-hybridized carbons (Fsp3) is 1.00. The van der Waals surface area contributed by atoms with E-state index in [0.717, 1.165) is 23.7 Å². The third-order valence-electron chi connectivity index (χ3n) is 7.86. The number of nitrogens with zero attached hydrogens (tertiary/aromatic N) is 1. The lowest BCUT2D eigenvalue weighted by atomic mass is 9.73. The van der Waals surface area contributed by atoms with Gasteiger partial charge in [-0.25, -0.2) is 5.01 Å². The lowest BCUT2D eigenvalue weighted by Gasteiger charge is -2.54. The van der Waals surface area contributed by atoms with Crippen molar-refractivity contribution in [2.24, 2.45) is 23.7 Å². The van der Waals surface area contributed by atoms with Crippen LogP contribution in [0.4, 0.5) is 0 Å². The molecule has 2 aliphatic carbocycles. The van der Waals surface area contributed by atoms with Gasteiger partial charge in [0.15, 0.2) is 0 Å². The van der Waals surface area contributed by atoms with Crippen molar-refractivity contribution >= 4 is 10.2 Å². The van der Waals surface area contributed by atoms with Crippen LogP contribution in [0.15, 0.2) is 0 Å². The van der Waals surface area contributed by atoms with E-state index >= 15 is 0 Å². The molecule has 2 aliphatic heterocycles. The minimum Gasteiger partial charge on any atom is -0.316 e. The molecule has 0 spiro atoms. The second-order valence-electron chi connectivity index (χ2n) is 9.01. The van der Waals surface area contributed by atoms with E-state index in [1.165, 1.54) is 94.1 Å². The number of hydrogen-bond donors (Lipinski definition) is 3. The lowest BCUT2D eigenvalue weighted by molar-refractivity contribution is -0.0461. The van der Waals surface area contributed by atoms with Crippen LogP contribution in [-0.2, 0) is 0 Å². The van der Waals surface area contributed by atoms with Gasteiger partial charge in [0, 0.05) is 16.8 Å². The van der Waals surface area contributed by atoms with E-state index in [0.29, 0.717) is 0 Å². The number of hydrogen-bond acceptors (Lipinski definition) is 4. The zero-order valence-corrected chi connectivity index (χ0v) is 18.9. The summed E-state index contributed by atoms with van der Waals surface area (Å²) in [5, 5.41) is 9.83. The van der Waals surface area contributed by atoms with Gasteiger partial charge in [0.2, 0.25) is 0 Å². The Morgan fingerprint density at radius 2 is 1.56 bits per heavy atom. The molecular formula is C20H42N4Si. The molecule has 2 saturated heterocycles. The largest absolute Gasteiger partial charge is 0.316 e. The third-order valence-corrected chi connectivity index (χ3v) is 9.64. The highest BCUT2D eigenvalue weighted by Gasteiger charge is 2.46. The van der Waals surface area contributed by atoms with Crippen molar-refractivity contribution < 1.29 is 0 Å². The van der Waals surface area contributed by atoms with Crippen LogP contribution in [0.5, 0.6) is 0 Å². The van der Waals surface area contributed by atoms with Crippen LogP contribution in [0.25, 0.3) is 0 Å². The molecule has 0 aromatic carbocycles. The van der Waals surface area contributed by atoms with E-state index in [4.69, 9.17) is 0 Å². The molecule has 146 valence electrons. The van der Waals surface area contributed by atoms with Crippen LogP contribution in [0.1, 0.15) is 64.2 Å². The van der Waals surface area contributed by atoms with E-state index in [1.54, 1.807) is 0 Å². The monoisotopic (exact) mass is 366 g/mol. The minimum atomic E-state index is 0.290. The average Bonchev–Trinajstić information content (AvgIpc) is 2.69. The van der Waals surface area contributed by atoms with Crippen LogP contribution in [0.3, 0.4) is 0 Å². The molecule has 0 radical (unpaired) electrons. The highest BCUT2D eigenvalue weighted by Crippen LogP contribution is 2.42. The summed E-state index contributed by atoms with van der Waals surface area (Å²) in [6.45, 7) is 3.80. The number of rotatable bonds is 2. The fourth-order valence-electron chi connectivity index (χ4n) is 6.19. The van der Waals surface area contributed by atoms with Gasteiger partial charge in [-0.05, 0) is 76.5 Å². The average molecular weight is 367 g/mol. The van der Waals surface area contributed by atoms with Gasteiger partial charge in [-0.3, -0.25) is 5.43 Å². The molecule has 3 N–H and O–H groups in total. The van der Waals surface area contributed by atoms with Crippen molar-refractivity contribution in [1.29, 1.82) is 0 Å². The van der Waals surface area contributed by atoms with E-state index in [-0.39, 0.29) is 5.29 Å². The third kappa shape index (κ3) is 4.49. The molecule has 0 bridgehead atoms. The molecule has 5 unspecified atom stereocenters. The van der Waals surface area contributed by atoms with Crippen LogP contribution < -0.4 is 16.1 Å². The highest BCUT2D eigenvalue weighted by atomic mass is 28.1. The van der Waals surface area contributed by atoms with Crippen molar-refractivity contribution in [1.82, 2.24) is 21.1 Å². The van der Waals surface area contributed by atoms with Gasteiger partial charge in [-0.1, -0.05) is 38.5 Å². The SMILES string of the molecule is C1CCC2CNCCC2C1.CNN1CCC2CCCCC2C1([SiH3])NC. The van der Waals surface area contributed by atoms with E-state index in [1.807, 2.05) is 0 Å². The Kier molecular flexibility index (Phi) is 7.38. The van der Waals surface area contributed by atoms with Gasteiger partial charge in [-0.15, -0.1) is 0 Å². The quantitative estimate of drug-likeness (QED) is 0.650. The molecular weight excluding hydrogens is 324 g/mol. The lowest BCUT2D eigenvalue weighted by Crippen LogP contribution is -2.70. The smallest absolute Gasteiger partial charge is 0.0658 e. The molecule has 5 heteroatoms. The molecule has 0 aromatic heterocycles. The second-order valence-corrected chi connectivity index (χ2v) is 10.5. The Hall–Kier alpha value is 0.0569. The molecule has 4 rings (SSSR count). The van der Waals surface area contributed by atoms with E-state index < -0.39 is 0 Å². The summed E-state index contributed by atoms with van der Waals surface area (Å²) in [6, 6.07) is 0. The molecule has 0 amide bonds. The van der Waals surface area contributed by atoms with Crippen LogP contribution in [0.2, 0.25) is 0 Å². The van der Waals surface area contributed by atoms with Crippen molar-refractivity contribution in [3.63, 3.8) is 0 Å². The second kappa shape index (κ2) is 9.31. The first-order valence-corrected chi connectivity index (χ1v) is 12.0. The predicted octanol–water partition coefficient (Wildman–Crippen LogP) is 1.66. The van der Waals surface area contributed by atoms with Crippen molar-refractivity contribution in [2.45, 2.75) is 69.5 Å². The van der Waals surface area contributed by atoms with Crippen molar-refractivity contribution in [2.75, 3.05) is 33.7 Å². The maximum absolute atomic E-state index is 3.61. The summed E-state index contributed by atoms with van der Waals surface area (Å²) in [6.07, 6.45) is 14.6.